The number of rotatable bonds is 5. The summed E-state index contributed by atoms with van der Waals surface area (Å²) in [5.74, 6) is -1.34. The lowest BCUT2D eigenvalue weighted by atomic mass is 10.0. The number of carbonyl (C=O) groups excluding carboxylic acids is 3. The van der Waals surface area contributed by atoms with Crippen molar-refractivity contribution < 1.29 is 14.4 Å². The third kappa shape index (κ3) is 3.18. The summed E-state index contributed by atoms with van der Waals surface area (Å²) in [6.07, 6.45) is 0. The van der Waals surface area contributed by atoms with E-state index < -0.39 is 17.9 Å². The van der Waals surface area contributed by atoms with Gasteiger partial charge in [0, 0.05) is 6.54 Å². The lowest BCUT2D eigenvalue weighted by Crippen LogP contribution is -2.52. The standard InChI is InChI=1S/C20H20N2O3/c1-13(2)17(18(23)21-12-14-8-4-3-5-9-14)22-19(24)15-10-6-7-11-16(15)20(22)25/h3-11,13,17H,12H2,1-2H3,(H,21,23)/t17-/m0/s1. The molecule has 2 aromatic rings. The Labute approximate surface area is 146 Å². The molecular weight excluding hydrogens is 316 g/mol. The fourth-order valence-electron chi connectivity index (χ4n) is 3.07. The van der Waals surface area contributed by atoms with Crippen molar-refractivity contribution in [3.63, 3.8) is 0 Å². The zero-order chi connectivity index (χ0) is 18.0. The topological polar surface area (TPSA) is 66.5 Å². The van der Waals surface area contributed by atoms with Crippen LogP contribution < -0.4 is 5.32 Å². The number of amides is 3. The zero-order valence-electron chi connectivity index (χ0n) is 14.2. The first kappa shape index (κ1) is 16.9. The van der Waals surface area contributed by atoms with E-state index in [0.717, 1.165) is 10.5 Å². The predicted octanol–water partition coefficient (Wildman–Crippen LogP) is 2.62. The van der Waals surface area contributed by atoms with E-state index in [1.54, 1.807) is 24.3 Å². The number of imide groups is 1. The molecule has 1 aliphatic heterocycles. The summed E-state index contributed by atoms with van der Waals surface area (Å²) in [7, 11) is 0. The lowest BCUT2D eigenvalue weighted by molar-refractivity contribution is -0.126. The predicted molar refractivity (Wildman–Crippen MR) is 93.9 cm³/mol. The second-order valence-corrected chi connectivity index (χ2v) is 6.42. The molecule has 0 aliphatic carbocycles. The number of hydrogen-bond donors (Lipinski definition) is 1. The molecule has 5 nitrogen and oxygen atoms in total. The molecule has 1 heterocycles. The Morgan fingerprint density at radius 2 is 1.44 bits per heavy atom. The Morgan fingerprint density at radius 3 is 1.96 bits per heavy atom. The molecule has 1 N–H and O–H groups in total. The van der Waals surface area contributed by atoms with E-state index >= 15 is 0 Å². The molecular formula is C20H20N2O3. The molecule has 1 aliphatic rings. The summed E-state index contributed by atoms with van der Waals surface area (Å²) in [4.78, 5) is 39.1. The van der Waals surface area contributed by atoms with Gasteiger partial charge in [-0.15, -0.1) is 0 Å². The largest absolute Gasteiger partial charge is 0.350 e. The third-order valence-corrected chi connectivity index (χ3v) is 4.31. The minimum absolute atomic E-state index is 0.196. The van der Waals surface area contributed by atoms with Crippen LogP contribution in [0.2, 0.25) is 0 Å². The van der Waals surface area contributed by atoms with E-state index in [2.05, 4.69) is 5.32 Å². The van der Waals surface area contributed by atoms with Gasteiger partial charge >= 0.3 is 0 Å². The lowest BCUT2D eigenvalue weighted by Gasteiger charge is -2.28. The molecule has 3 rings (SSSR count). The summed E-state index contributed by atoms with van der Waals surface area (Å²) in [5.41, 5.74) is 1.67. The Morgan fingerprint density at radius 1 is 0.920 bits per heavy atom. The van der Waals surface area contributed by atoms with Crippen molar-refractivity contribution in [1.82, 2.24) is 10.2 Å². The third-order valence-electron chi connectivity index (χ3n) is 4.31. The first-order valence-electron chi connectivity index (χ1n) is 8.29. The number of benzene rings is 2. The van der Waals surface area contributed by atoms with Crippen LogP contribution in [0.3, 0.4) is 0 Å². The average Bonchev–Trinajstić information content (AvgIpc) is 2.86. The zero-order valence-corrected chi connectivity index (χ0v) is 14.2. The van der Waals surface area contributed by atoms with Gasteiger partial charge in [0.1, 0.15) is 6.04 Å². The van der Waals surface area contributed by atoms with E-state index in [4.69, 9.17) is 0 Å². The Hall–Kier alpha value is -2.95. The van der Waals surface area contributed by atoms with Crippen LogP contribution in [0.25, 0.3) is 0 Å². The molecule has 0 saturated heterocycles. The van der Waals surface area contributed by atoms with Crippen molar-refractivity contribution in [3.05, 3.63) is 71.3 Å². The fourth-order valence-corrected chi connectivity index (χ4v) is 3.07. The van der Waals surface area contributed by atoms with Crippen LogP contribution in [0.15, 0.2) is 54.6 Å². The van der Waals surface area contributed by atoms with Crippen molar-refractivity contribution in [1.29, 1.82) is 0 Å². The van der Waals surface area contributed by atoms with Crippen LogP contribution in [0.4, 0.5) is 0 Å². The number of nitrogens with one attached hydrogen (secondary N) is 1. The van der Waals surface area contributed by atoms with Gasteiger partial charge in [-0.05, 0) is 23.6 Å². The first-order valence-corrected chi connectivity index (χ1v) is 8.29. The highest BCUT2D eigenvalue weighted by atomic mass is 16.2. The second-order valence-electron chi connectivity index (χ2n) is 6.42. The van der Waals surface area contributed by atoms with Crippen molar-refractivity contribution in [2.75, 3.05) is 0 Å². The molecule has 0 radical (unpaired) electrons. The van der Waals surface area contributed by atoms with E-state index in [1.165, 1.54) is 0 Å². The minimum atomic E-state index is -0.837. The van der Waals surface area contributed by atoms with Crippen LogP contribution in [-0.2, 0) is 11.3 Å². The number of nitrogens with zero attached hydrogens (tertiary/aromatic N) is 1. The van der Waals surface area contributed by atoms with Crippen molar-refractivity contribution >= 4 is 17.7 Å². The van der Waals surface area contributed by atoms with Gasteiger partial charge in [-0.3, -0.25) is 19.3 Å². The van der Waals surface area contributed by atoms with E-state index in [0.29, 0.717) is 17.7 Å². The highest BCUT2D eigenvalue weighted by Crippen LogP contribution is 2.27. The van der Waals surface area contributed by atoms with Gasteiger partial charge in [-0.25, -0.2) is 0 Å². The molecule has 0 unspecified atom stereocenters. The number of carbonyl (C=O) groups is 3. The Kier molecular flexibility index (Phi) is 4.65. The molecule has 2 aromatic carbocycles. The summed E-state index contributed by atoms with van der Waals surface area (Å²) in [6, 6.07) is 15.3. The monoisotopic (exact) mass is 336 g/mol. The maximum absolute atomic E-state index is 12.7. The van der Waals surface area contributed by atoms with Gasteiger partial charge in [0.2, 0.25) is 5.91 Å². The quantitative estimate of drug-likeness (QED) is 0.854. The van der Waals surface area contributed by atoms with Crippen LogP contribution in [0, 0.1) is 5.92 Å². The second kappa shape index (κ2) is 6.89. The molecule has 3 amide bonds. The molecule has 25 heavy (non-hydrogen) atoms. The minimum Gasteiger partial charge on any atom is -0.350 e. The van der Waals surface area contributed by atoms with Crippen molar-refractivity contribution in [2.45, 2.75) is 26.4 Å². The first-order chi connectivity index (χ1) is 12.0. The molecule has 0 saturated carbocycles. The highest BCUT2D eigenvalue weighted by molar-refractivity contribution is 6.22. The van der Waals surface area contributed by atoms with Crippen LogP contribution in [-0.4, -0.2) is 28.7 Å². The van der Waals surface area contributed by atoms with E-state index in [-0.39, 0.29) is 11.8 Å². The summed E-state index contributed by atoms with van der Waals surface area (Å²) in [5, 5.41) is 2.84. The molecule has 0 fully saturated rings. The van der Waals surface area contributed by atoms with Gasteiger partial charge in [0.25, 0.3) is 11.8 Å². The van der Waals surface area contributed by atoms with Gasteiger partial charge in [0.05, 0.1) is 11.1 Å². The molecule has 5 heteroatoms. The maximum atomic E-state index is 12.7. The molecule has 128 valence electrons. The van der Waals surface area contributed by atoms with Crippen LogP contribution >= 0.6 is 0 Å². The molecule has 1 atom stereocenters. The van der Waals surface area contributed by atoms with Gasteiger partial charge in [-0.2, -0.15) is 0 Å². The van der Waals surface area contributed by atoms with Crippen LogP contribution in [0.1, 0.15) is 40.1 Å². The van der Waals surface area contributed by atoms with E-state index in [9.17, 15) is 14.4 Å². The van der Waals surface area contributed by atoms with Crippen LogP contribution in [0.5, 0.6) is 0 Å². The Balaban J connectivity index is 1.81. The molecule has 0 spiro atoms. The van der Waals surface area contributed by atoms with Gasteiger partial charge < -0.3 is 5.32 Å². The van der Waals surface area contributed by atoms with E-state index in [1.807, 2.05) is 44.2 Å². The SMILES string of the molecule is CC(C)[C@@H](C(=O)NCc1ccccc1)N1C(=O)c2ccccc2C1=O. The average molecular weight is 336 g/mol. The number of hydrogen-bond acceptors (Lipinski definition) is 3. The van der Waals surface area contributed by atoms with Crippen molar-refractivity contribution in [2.24, 2.45) is 5.92 Å². The fraction of sp³-hybridized carbons (Fsp3) is 0.250. The normalized spacial score (nSPS) is 14.6. The highest BCUT2D eigenvalue weighted by Gasteiger charge is 2.43. The van der Waals surface area contributed by atoms with Crippen molar-refractivity contribution in [3.8, 4) is 0 Å². The smallest absolute Gasteiger partial charge is 0.262 e. The molecule has 0 bridgehead atoms. The molecule has 0 aromatic heterocycles. The van der Waals surface area contributed by atoms with Gasteiger partial charge in [0.15, 0.2) is 0 Å². The summed E-state index contributed by atoms with van der Waals surface area (Å²) < 4.78 is 0. The maximum Gasteiger partial charge on any atom is 0.262 e. The summed E-state index contributed by atoms with van der Waals surface area (Å²) in [6.45, 7) is 4.01. The number of fused-ring (bicyclic) bond motifs is 1. The van der Waals surface area contributed by atoms with Gasteiger partial charge in [-0.1, -0.05) is 56.3 Å². The Bertz CT molecular complexity index is 780. The summed E-state index contributed by atoms with van der Waals surface area (Å²) >= 11 is 0.